The van der Waals surface area contributed by atoms with E-state index >= 15 is 0 Å². The molecule has 1 amide bonds. The van der Waals surface area contributed by atoms with Gasteiger partial charge in [0.05, 0.1) is 0 Å². The van der Waals surface area contributed by atoms with Crippen LogP contribution in [0.1, 0.15) is 10.4 Å². The number of anilines is 1. The topological polar surface area (TPSA) is 36.0 Å². The molecule has 2 aromatic carbocycles. The van der Waals surface area contributed by atoms with Crippen molar-refractivity contribution in [2.75, 3.05) is 58.3 Å². The minimum absolute atomic E-state index is 0.121. The molecule has 0 N–H and O–H groups in total. The van der Waals surface area contributed by atoms with E-state index in [0.29, 0.717) is 6.61 Å². The molecule has 0 atom stereocenters. The van der Waals surface area contributed by atoms with Gasteiger partial charge in [0.25, 0.3) is 5.91 Å². The third kappa shape index (κ3) is 4.76. The lowest BCUT2D eigenvalue weighted by Crippen LogP contribution is -2.49. The molecule has 0 aliphatic carbocycles. The largest absolute Gasteiger partial charge is 0.492 e. The fourth-order valence-corrected chi connectivity index (χ4v) is 3.07. The van der Waals surface area contributed by atoms with E-state index in [0.717, 1.165) is 49.7 Å². The monoisotopic (exact) mass is 353 g/mol. The molecule has 26 heavy (non-hydrogen) atoms. The molecule has 0 bridgehead atoms. The van der Waals surface area contributed by atoms with Crippen LogP contribution in [0.5, 0.6) is 5.75 Å². The smallest absolute Gasteiger partial charge is 0.253 e. The van der Waals surface area contributed by atoms with Crippen molar-refractivity contribution in [2.24, 2.45) is 0 Å². The van der Waals surface area contributed by atoms with Crippen molar-refractivity contribution >= 4 is 11.6 Å². The summed E-state index contributed by atoms with van der Waals surface area (Å²) < 4.78 is 5.76. The molecule has 2 aromatic rings. The van der Waals surface area contributed by atoms with Gasteiger partial charge in [-0.15, -0.1) is 0 Å². The van der Waals surface area contributed by atoms with E-state index in [1.54, 1.807) is 0 Å². The molecule has 3 rings (SSSR count). The number of para-hydroxylation sites is 1. The Morgan fingerprint density at radius 1 is 0.962 bits per heavy atom. The van der Waals surface area contributed by atoms with Crippen LogP contribution in [0.25, 0.3) is 0 Å². The molecule has 0 aromatic heterocycles. The summed E-state index contributed by atoms with van der Waals surface area (Å²) in [6.45, 7) is 4.86. The Labute approximate surface area is 155 Å². The van der Waals surface area contributed by atoms with Crippen molar-refractivity contribution in [3.05, 3.63) is 60.2 Å². The van der Waals surface area contributed by atoms with Gasteiger partial charge in [0.15, 0.2) is 0 Å². The van der Waals surface area contributed by atoms with Gasteiger partial charge in [-0.3, -0.25) is 9.69 Å². The van der Waals surface area contributed by atoms with Gasteiger partial charge in [0, 0.05) is 58.1 Å². The summed E-state index contributed by atoms with van der Waals surface area (Å²) >= 11 is 0. The number of benzene rings is 2. The maximum atomic E-state index is 12.7. The number of rotatable bonds is 6. The van der Waals surface area contributed by atoms with Gasteiger partial charge in [-0.05, 0) is 36.4 Å². The first-order valence-electron chi connectivity index (χ1n) is 9.10. The Kier molecular flexibility index (Phi) is 6.12. The molecule has 5 heteroatoms. The highest BCUT2D eigenvalue weighted by Crippen LogP contribution is 2.15. The number of nitrogens with zero attached hydrogens (tertiary/aromatic N) is 3. The summed E-state index contributed by atoms with van der Waals surface area (Å²) in [5, 5.41) is 0. The quantitative estimate of drug-likeness (QED) is 0.800. The Bertz CT molecular complexity index is 693. The molecule has 1 aliphatic heterocycles. The molecular formula is C21H27N3O2. The molecular weight excluding hydrogens is 326 g/mol. The lowest BCUT2D eigenvalue weighted by molar-refractivity contribution is 0.0620. The molecule has 1 fully saturated rings. The fraction of sp³-hybridized carbons (Fsp3) is 0.381. The summed E-state index contributed by atoms with van der Waals surface area (Å²) in [5.74, 6) is 1.03. The zero-order chi connectivity index (χ0) is 18.4. The summed E-state index contributed by atoms with van der Waals surface area (Å²) in [7, 11) is 4.00. The number of carbonyl (C=O) groups is 1. The fourth-order valence-electron chi connectivity index (χ4n) is 3.07. The summed E-state index contributed by atoms with van der Waals surface area (Å²) in [6, 6.07) is 17.7. The zero-order valence-electron chi connectivity index (χ0n) is 15.6. The minimum Gasteiger partial charge on any atom is -0.492 e. The van der Waals surface area contributed by atoms with Crippen molar-refractivity contribution in [3.63, 3.8) is 0 Å². The molecule has 5 nitrogen and oxygen atoms in total. The molecule has 0 saturated carbocycles. The summed E-state index contributed by atoms with van der Waals surface area (Å²) in [5.41, 5.74) is 1.86. The van der Waals surface area contributed by atoms with Crippen molar-refractivity contribution in [1.29, 1.82) is 0 Å². The predicted octanol–water partition coefficient (Wildman–Crippen LogP) is 2.59. The molecule has 138 valence electrons. The van der Waals surface area contributed by atoms with E-state index in [4.69, 9.17) is 4.74 Å². The maximum Gasteiger partial charge on any atom is 0.253 e. The minimum atomic E-state index is 0.121. The average Bonchev–Trinajstić information content (AvgIpc) is 2.69. The van der Waals surface area contributed by atoms with Gasteiger partial charge in [-0.1, -0.05) is 18.2 Å². The highest BCUT2D eigenvalue weighted by molar-refractivity contribution is 5.94. The van der Waals surface area contributed by atoms with Crippen LogP contribution >= 0.6 is 0 Å². The Hall–Kier alpha value is -2.53. The third-order valence-corrected chi connectivity index (χ3v) is 4.71. The van der Waals surface area contributed by atoms with Gasteiger partial charge in [-0.25, -0.2) is 0 Å². The second-order valence-corrected chi connectivity index (χ2v) is 6.74. The van der Waals surface area contributed by atoms with E-state index < -0.39 is 0 Å². The van der Waals surface area contributed by atoms with Crippen LogP contribution < -0.4 is 9.64 Å². The third-order valence-electron chi connectivity index (χ3n) is 4.71. The number of hydrogen-bond acceptors (Lipinski definition) is 4. The number of amides is 1. The van der Waals surface area contributed by atoms with Crippen LogP contribution in [-0.2, 0) is 0 Å². The van der Waals surface area contributed by atoms with Crippen molar-refractivity contribution in [2.45, 2.75) is 0 Å². The molecule has 1 heterocycles. The average molecular weight is 353 g/mol. The Morgan fingerprint density at radius 2 is 1.62 bits per heavy atom. The first-order chi connectivity index (χ1) is 12.6. The SMILES string of the molecule is CN(C)c1ccc(C(=O)N2CCN(CCOc3ccccc3)CC2)cc1. The molecule has 0 unspecified atom stereocenters. The summed E-state index contributed by atoms with van der Waals surface area (Å²) in [4.78, 5) is 19.0. The summed E-state index contributed by atoms with van der Waals surface area (Å²) in [6.07, 6.45) is 0. The van der Waals surface area contributed by atoms with Gasteiger partial charge in [0.2, 0.25) is 0 Å². The van der Waals surface area contributed by atoms with Crippen molar-refractivity contribution in [1.82, 2.24) is 9.80 Å². The highest BCUT2D eigenvalue weighted by Gasteiger charge is 2.22. The predicted molar refractivity (Wildman–Crippen MR) is 105 cm³/mol. The van der Waals surface area contributed by atoms with Gasteiger partial charge < -0.3 is 14.5 Å². The lowest BCUT2D eigenvalue weighted by Gasteiger charge is -2.34. The Balaban J connectivity index is 1.43. The van der Waals surface area contributed by atoms with Gasteiger partial charge in [-0.2, -0.15) is 0 Å². The van der Waals surface area contributed by atoms with E-state index in [1.807, 2.05) is 78.5 Å². The van der Waals surface area contributed by atoms with E-state index in [-0.39, 0.29) is 5.91 Å². The molecule has 0 spiro atoms. The number of hydrogen-bond donors (Lipinski definition) is 0. The van der Waals surface area contributed by atoms with Crippen molar-refractivity contribution in [3.8, 4) is 5.75 Å². The molecule has 0 radical (unpaired) electrons. The lowest BCUT2D eigenvalue weighted by atomic mass is 10.1. The zero-order valence-corrected chi connectivity index (χ0v) is 15.6. The van der Waals surface area contributed by atoms with Crippen LogP contribution in [0, 0.1) is 0 Å². The maximum absolute atomic E-state index is 12.7. The number of carbonyl (C=O) groups excluding carboxylic acids is 1. The normalized spacial score (nSPS) is 14.9. The van der Waals surface area contributed by atoms with Crippen LogP contribution in [-0.4, -0.2) is 69.1 Å². The number of ether oxygens (including phenoxy) is 1. The van der Waals surface area contributed by atoms with Crippen LogP contribution in [0.2, 0.25) is 0 Å². The van der Waals surface area contributed by atoms with Crippen LogP contribution in [0.3, 0.4) is 0 Å². The van der Waals surface area contributed by atoms with E-state index in [2.05, 4.69) is 4.90 Å². The van der Waals surface area contributed by atoms with Gasteiger partial charge in [0.1, 0.15) is 12.4 Å². The number of piperazine rings is 1. The Morgan fingerprint density at radius 3 is 2.23 bits per heavy atom. The van der Waals surface area contributed by atoms with E-state index in [1.165, 1.54) is 0 Å². The first kappa shape index (κ1) is 18.3. The van der Waals surface area contributed by atoms with E-state index in [9.17, 15) is 4.79 Å². The van der Waals surface area contributed by atoms with Gasteiger partial charge >= 0.3 is 0 Å². The van der Waals surface area contributed by atoms with Crippen molar-refractivity contribution < 1.29 is 9.53 Å². The highest BCUT2D eigenvalue weighted by atomic mass is 16.5. The van der Waals surface area contributed by atoms with Crippen LogP contribution in [0.15, 0.2) is 54.6 Å². The molecule has 1 saturated heterocycles. The first-order valence-corrected chi connectivity index (χ1v) is 9.10. The second-order valence-electron chi connectivity index (χ2n) is 6.74. The second kappa shape index (κ2) is 8.72. The van der Waals surface area contributed by atoms with Crippen LogP contribution in [0.4, 0.5) is 5.69 Å². The standard InChI is InChI=1S/C21H27N3O2/c1-22(2)19-10-8-18(9-11-19)21(25)24-14-12-23(13-15-24)16-17-26-20-6-4-3-5-7-20/h3-11H,12-17H2,1-2H3. The molecule has 1 aliphatic rings.